The predicted molar refractivity (Wildman–Crippen MR) is 109 cm³/mol. The second-order valence-corrected chi connectivity index (χ2v) is 7.46. The molecule has 4 nitrogen and oxygen atoms in total. The average Bonchev–Trinajstić information content (AvgIpc) is 3.04. The molecular formula is C23H24N2O2. The highest BCUT2D eigenvalue weighted by Crippen LogP contribution is 2.22. The Bertz CT molecular complexity index is 964. The normalized spacial score (nSPS) is 11.7. The summed E-state index contributed by atoms with van der Waals surface area (Å²) < 4.78 is 6.84. The second kappa shape index (κ2) is 7.62. The summed E-state index contributed by atoms with van der Waals surface area (Å²) in [5, 5.41) is 4.51. The van der Waals surface area contributed by atoms with Crippen LogP contribution in [0.1, 0.15) is 37.6 Å². The van der Waals surface area contributed by atoms with Crippen molar-refractivity contribution in [2.75, 3.05) is 0 Å². The Balaban J connectivity index is 2.01. The summed E-state index contributed by atoms with van der Waals surface area (Å²) in [6.45, 7) is 7.56. The van der Waals surface area contributed by atoms with E-state index in [1.54, 1.807) is 0 Å². The Kier molecular flexibility index (Phi) is 5.26. The van der Waals surface area contributed by atoms with Gasteiger partial charge in [0.15, 0.2) is 0 Å². The molecular weight excluding hydrogens is 336 g/mol. The smallest absolute Gasteiger partial charge is 0.435 e. The van der Waals surface area contributed by atoms with Crippen LogP contribution in [0.25, 0.3) is 23.4 Å². The van der Waals surface area contributed by atoms with Gasteiger partial charge in [0.25, 0.3) is 0 Å². The molecule has 0 spiro atoms. The maximum absolute atomic E-state index is 12.6. The fourth-order valence-electron chi connectivity index (χ4n) is 2.66. The summed E-state index contributed by atoms with van der Waals surface area (Å²) in [5.41, 5.74) is 3.97. The zero-order valence-corrected chi connectivity index (χ0v) is 16.1. The molecule has 0 aliphatic carbocycles. The van der Waals surface area contributed by atoms with Crippen LogP contribution in [0, 0.1) is 6.92 Å². The minimum Gasteiger partial charge on any atom is -0.442 e. The first-order valence-corrected chi connectivity index (χ1v) is 8.95. The molecule has 0 fully saturated rings. The maximum Gasteiger partial charge on any atom is 0.435 e. The minimum atomic E-state index is -0.590. The van der Waals surface area contributed by atoms with Crippen molar-refractivity contribution in [3.8, 4) is 11.3 Å². The SMILES string of the molecule is Cc1cccc(-c2cc(/C=C/c3ccccc3)n(C(=O)OC(C)(C)C)n2)c1. The fraction of sp³-hybridized carbons (Fsp3) is 0.217. The highest BCUT2D eigenvalue weighted by Gasteiger charge is 2.21. The van der Waals surface area contributed by atoms with Crippen molar-refractivity contribution in [2.24, 2.45) is 0 Å². The van der Waals surface area contributed by atoms with Crippen LogP contribution in [-0.2, 0) is 4.74 Å². The van der Waals surface area contributed by atoms with Gasteiger partial charge < -0.3 is 4.74 Å². The zero-order valence-electron chi connectivity index (χ0n) is 16.1. The average molecular weight is 360 g/mol. The summed E-state index contributed by atoms with van der Waals surface area (Å²) >= 11 is 0. The molecule has 0 aliphatic rings. The Morgan fingerprint density at radius 3 is 2.41 bits per heavy atom. The molecule has 0 bridgehead atoms. The van der Waals surface area contributed by atoms with Gasteiger partial charge in [-0.2, -0.15) is 9.78 Å². The third-order valence-corrected chi connectivity index (χ3v) is 3.86. The Morgan fingerprint density at radius 1 is 1.00 bits per heavy atom. The standard InChI is InChI=1S/C23H24N2O2/c1-17-9-8-12-19(15-17)21-16-20(14-13-18-10-6-5-7-11-18)25(24-21)22(26)27-23(2,3)4/h5-16H,1-4H3/b14-13+. The number of benzene rings is 2. The summed E-state index contributed by atoms with van der Waals surface area (Å²) in [6, 6.07) is 19.9. The molecule has 0 unspecified atom stereocenters. The Morgan fingerprint density at radius 2 is 1.74 bits per heavy atom. The second-order valence-electron chi connectivity index (χ2n) is 7.46. The van der Waals surface area contributed by atoms with Crippen molar-refractivity contribution in [1.82, 2.24) is 9.78 Å². The lowest BCUT2D eigenvalue weighted by Gasteiger charge is -2.19. The number of aryl methyl sites for hydroxylation is 1. The van der Waals surface area contributed by atoms with Gasteiger partial charge in [-0.1, -0.05) is 60.2 Å². The topological polar surface area (TPSA) is 44.1 Å². The van der Waals surface area contributed by atoms with Gasteiger partial charge in [-0.05, 0) is 51.5 Å². The molecule has 2 aromatic carbocycles. The largest absolute Gasteiger partial charge is 0.442 e. The number of aromatic nitrogens is 2. The Labute approximate surface area is 160 Å². The molecule has 0 aliphatic heterocycles. The summed E-state index contributed by atoms with van der Waals surface area (Å²) in [7, 11) is 0. The van der Waals surface area contributed by atoms with Crippen molar-refractivity contribution in [2.45, 2.75) is 33.3 Å². The number of hydrogen-bond acceptors (Lipinski definition) is 3. The van der Waals surface area contributed by atoms with Crippen molar-refractivity contribution in [1.29, 1.82) is 0 Å². The first kappa shape index (κ1) is 18.6. The first-order chi connectivity index (χ1) is 12.8. The number of ether oxygens (including phenoxy) is 1. The molecule has 0 atom stereocenters. The van der Waals surface area contributed by atoms with E-state index in [0.29, 0.717) is 5.69 Å². The van der Waals surface area contributed by atoms with Crippen molar-refractivity contribution < 1.29 is 9.53 Å². The molecule has 0 radical (unpaired) electrons. The van der Waals surface area contributed by atoms with Gasteiger partial charge in [0.1, 0.15) is 5.60 Å². The van der Waals surface area contributed by atoms with Gasteiger partial charge >= 0.3 is 6.09 Å². The third kappa shape index (κ3) is 4.94. The van der Waals surface area contributed by atoms with Crippen LogP contribution >= 0.6 is 0 Å². The molecule has 0 amide bonds. The number of hydrogen-bond donors (Lipinski definition) is 0. The molecule has 0 saturated heterocycles. The van der Waals surface area contributed by atoms with Gasteiger partial charge in [-0.25, -0.2) is 4.79 Å². The number of rotatable bonds is 3. The molecule has 1 heterocycles. The van der Waals surface area contributed by atoms with Crippen LogP contribution in [0.5, 0.6) is 0 Å². The highest BCUT2D eigenvalue weighted by molar-refractivity contribution is 5.79. The zero-order chi connectivity index (χ0) is 19.4. The molecule has 4 heteroatoms. The molecule has 3 aromatic rings. The van der Waals surface area contributed by atoms with Gasteiger partial charge in [0.2, 0.25) is 0 Å². The van der Waals surface area contributed by atoms with E-state index in [1.165, 1.54) is 4.68 Å². The van der Waals surface area contributed by atoms with Crippen LogP contribution in [0.4, 0.5) is 4.79 Å². The summed E-state index contributed by atoms with van der Waals surface area (Å²) in [5.74, 6) is 0. The van der Waals surface area contributed by atoms with Crippen LogP contribution in [0.2, 0.25) is 0 Å². The fourth-order valence-corrected chi connectivity index (χ4v) is 2.66. The lowest BCUT2D eigenvalue weighted by molar-refractivity contribution is 0.0514. The van der Waals surface area contributed by atoms with Gasteiger partial charge in [0.05, 0.1) is 11.4 Å². The lowest BCUT2D eigenvalue weighted by atomic mass is 10.1. The van der Waals surface area contributed by atoms with E-state index in [4.69, 9.17) is 4.74 Å². The van der Waals surface area contributed by atoms with E-state index in [0.717, 1.165) is 22.4 Å². The van der Waals surface area contributed by atoms with E-state index in [-0.39, 0.29) is 0 Å². The Hall–Kier alpha value is -3.14. The minimum absolute atomic E-state index is 0.492. The quantitative estimate of drug-likeness (QED) is 0.592. The molecule has 1 aromatic heterocycles. The van der Waals surface area contributed by atoms with Gasteiger partial charge in [-0.15, -0.1) is 0 Å². The van der Waals surface area contributed by atoms with Crippen LogP contribution in [0.3, 0.4) is 0 Å². The number of nitrogens with zero attached hydrogens (tertiary/aromatic N) is 2. The lowest BCUT2D eigenvalue weighted by Crippen LogP contribution is -2.28. The van der Waals surface area contributed by atoms with E-state index in [9.17, 15) is 4.79 Å². The van der Waals surface area contributed by atoms with E-state index < -0.39 is 11.7 Å². The molecule has 0 N–H and O–H groups in total. The first-order valence-electron chi connectivity index (χ1n) is 8.95. The molecule has 0 saturated carbocycles. The molecule has 27 heavy (non-hydrogen) atoms. The van der Waals surface area contributed by atoms with Crippen molar-refractivity contribution in [3.63, 3.8) is 0 Å². The van der Waals surface area contributed by atoms with Crippen LogP contribution < -0.4 is 0 Å². The van der Waals surface area contributed by atoms with Crippen molar-refractivity contribution >= 4 is 18.2 Å². The van der Waals surface area contributed by atoms with E-state index in [2.05, 4.69) is 5.10 Å². The van der Waals surface area contributed by atoms with Crippen LogP contribution in [0.15, 0.2) is 60.7 Å². The van der Waals surface area contributed by atoms with Gasteiger partial charge in [0, 0.05) is 5.56 Å². The number of carbonyl (C=O) groups is 1. The predicted octanol–water partition coefficient (Wildman–Crippen LogP) is 5.81. The van der Waals surface area contributed by atoms with Crippen LogP contribution in [-0.4, -0.2) is 21.5 Å². The summed E-state index contributed by atoms with van der Waals surface area (Å²) in [6.07, 6.45) is 3.35. The highest BCUT2D eigenvalue weighted by atomic mass is 16.6. The van der Waals surface area contributed by atoms with E-state index >= 15 is 0 Å². The molecule has 3 rings (SSSR count). The number of carbonyl (C=O) groups excluding carboxylic acids is 1. The van der Waals surface area contributed by atoms with E-state index in [1.807, 2.05) is 101 Å². The van der Waals surface area contributed by atoms with Gasteiger partial charge in [-0.3, -0.25) is 0 Å². The van der Waals surface area contributed by atoms with Crippen molar-refractivity contribution in [3.05, 3.63) is 77.5 Å². The molecule has 138 valence electrons. The third-order valence-electron chi connectivity index (χ3n) is 3.86. The monoisotopic (exact) mass is 360 g/mol. The maximum atomic E-state index is 12.6. The summed E-state index contributed by atoms with van der Waals surface area (Å²) in [4.78, 5) is 12.6.